The summed E-state index contributed by atoms with van der Waals surface area (Å²) >= 11 is 16.5. The van der Waals surface area contributed by atoms with Crippen LogP contribution in [0.15, 0.2) is 24.3 Å². The molecule has 0 saturated carbocycles. The van der Waals surface area contributed by atoms with E-state index < -0.39 is 28.5 Å². The highest BCUT2D eigenvalue weighted by atomic mass is 35.6. The second-order valence-corrected chi connectivity index (χ2v) is 8.68. The van der Waals surface area contributed by atoms with Crippen LogP contribution in [-0.4, -0.2) is 29.6 Å². The molecule has 0 bridgehead atoms. The van der Waals surface area contributed by atoms with Crippen LogP contribution < -0.4 is 5.32 Å². The average molecular weight is 397 g/mol. The Morgan fingerprint density at radius 1 is 1.12 bits per heavy atom. The van der Waals surface area contributed by atoms with E-state index in [-0.39, 0.29) is 5.41 Å². The standard InChI is InChI=1S/C16H20Cl3NO4/c1-15(2,3)11-7-5-10(6-8-11)12(13(21)23-4)20-14(22)24-9-16(17,18)19/h5-8,12H,9H2,1-4H3,(H,20,22). The molecule has 1 aromatic carbocycles. The molecule has 134 valence electrons. The minimum atomic E-state index is -1.73. The molecule has 0 fully saturated rings. The van der Waals surface area contributed by atoms with Crippen molar-refractivity contribution in [2.75, 3.05) is 13.7 Å². The van der Waals surface area contributed by atoms with Crippen molar-refractivity contribution in [3.8, 4) is 0 Å². The Morgan fingerprint density at radius 3 is 2.08 bits per heavy atom. The minimum absolute atomic E-state index is 0.0317. The molecule has 8 heteroatoms. The molecule has 1 unspecified atom stereocenters. The summed E-state index contributed by atoms with van der Waals surface area (Å²) < 4.78 is 7.77. The number of carbonyl (C=O) groups is 2. The molecule has 5 nitrogen and oxygen atoms in total. The average Bonchev–Trinajstić information content (AvgIpc) is 2.48. The summed E-state index contributed by atoms with van der Waals surface area (Å²) in [6, 6.07) is 6.25. The lowest BCUT2D eigenvalue weighted by molar-refractivity contribution is -0.143. The number of rotatable bonds is 4. The van der Waals surface area contributed by atoms with Crippen molar-refractivity contribution in [3.05, 3.63) is 35.4 Å². The molecule has 1 amide bonds. The van der Waals surface area contributed by atoms with Gasteiger partial charge in [-0.25, -0.2) is 9.59 Å². The summed E-state index contributed by atoms with van der Waals surface area (Å²) in [4.78, 5) is 23.8. The molecule has 0 radical (unpaired) electrons. The predicted molar refractivity (Wildman–Crippen MR) is 94.7 cm³/mol. The van der Waals surface area contributed by atoms with Gasteiger partial charge in [0.25, 0.3) is 0 Å². The Morgan fingerprint density at radius 2 is 1.67 bits per heavy atom. The normalized spacial score (nSPS) is 13.1. The largest absolute Gasteiger partial charge is 0.467 e. The number of hydrogen-bond donors (Lipinski definition) is 1. The van der Waals surface area contributed by atoms with Gasteiger partial charge in [0.1, 0.15) is 6.61 Å². The van der Waals surface area contributed by atoms with E-state index in [9.17, 15) is 9.59 Å². The lowest BCUT2D eigenvalue weighted by atomic mass is 9.86. The van der Waals surface area contributed by atoms with Gasteiger partial charge in [0.05, 0.1) is 7.11 Å². The van der Waals surface area contributed by atoms with E-state index in [0.717, 1.165) is 5.56 Å². The van der Waals surface area contributed by atoms with E-state index in [4.69, 9.17) is 44.3 Å². The van der Waals surface area contributed by atoms with E-state index in [1.54, 1.807) is 12.1 Å². The SMILES string of the molecule is COC(=O)C(NC(=O)OCC(Cl)(Cl)Cl)c1ccc(C(C)(C)C)cc1. The Labute approximate surface area is 156 Å². The molecule has 0 aliphatic carbocycles. The molecule has 0 saturated heterocycles. The van der Waals surface area contributed by atoms with Crippen LogP contribution in [0.2, 0.25) is 0 Å². The fraction of sp³-hybridized carbons (Fsp3) is 0.500. The maximum Gasteiger partial charge on any atom is 0.408 e. The van der Waals surface area contributed by atoms with Gasteiger partial charge in [-0.15, -0.1) is 0 Å². The topological polar surface area (TPSA) is 64.6 Å². The van der Waals surface area contributed by atoms with Crippen LogP contribution in [-0.2, 0) is 19.7 Å². The van der Waals surface area contributed by atoms with Crippen molar-refractivity contribution in [1.82, 2.24) is 5.32 Å². The van der Waals surface area contributed by atoms with E-state index in [1.165, 1.54) is 7.11 Å². The van der Waals surface area contributed by atoms with Crippen LogP contribution in [0.4, 0.5) is 4.79 Å². The van der Waals surface area contributed by atoms with E-state index in [2.05, 4.69) is 26.1 Å². The number of esters is 1. The Balaban J connectivity index is 2.90. The molecular weight excluding hydrogens is 377 g/mol. The number of carbonyl (C=O) groups excluding carboxylic acids is 2. The van der Waals surface area contributed by atoms with Gasteiger partial charge in [0, 0.05) is 0 Å². The van der Waals surface area contributed by atoms with Gasteiger partial charge < -0.3 is 14.8 Å². The summed E-state index contributed by atoms with van der Waals surface area (Å²) in [7, 11) is 1.23. The zero-order valence-electron chi connectivity index (χ0n) is 13.9. The fourth-order valence-corrected chi connectivity index (χ4v) is 2.04. The first kappa shape index (κ1) is 20.9. The van der Waals surface area contributed by atoms with Crippen LogP contribution in [0.3, 0.4) is 0 Å². The van der Waals surface area contributed by atoms with E-state index >= 15 is 0 Å². The maximum atomic E-state index is 12.0. The molecule has 0 spiro atoms. The molecule has 1 atom stereocenters. The first-order chi connectivity index (χ1) is 10.9. The van der Waals surface area contributed by atoms with Gasteiger partial charge >= 0.3 is 12.1 Å². The second-order valence-electron chi connectivity index (χ2n) is 6.16. The van der Waals surface area contributed by atoms with Crippen LogP contribution in [0.1, 0.15) is 37.9 Å². The third kappa shape index (κ3) is 6.75. The summed E-state index contributed by atoms with van der Waals surface area (Å²) in [6.07, 6.45) is -0.892. The zero-order valence-corrected chi connectivity index (χ0v) is 16.1. The van der Waals surface area contributed by atoms with Crippen molar-refractivity contribution in [2.24, 2.45) is 0 Å². The molecule has 0 aliphatic heterocycles. The van der Waals surface area contributed by atoms with Gasteiger partial charge in [-0.05, 0) is 16.5 Å². The predicted octanol–water partition coefficient (Wildman–Crippen LogP) is 4.29. The van der Waals surface area contributed by atoms with Crippen molar-refractivity contribution in [1.29, 1.82) is 0 Å². The number of benzene rings is 1. The lowest BCUT2D eigenvalue weighted by Crippen LogP contribution is -2.36. The third-order valence-electron chi connectivity index (χ3n) is 3.18. The number of ether oxygens (including phenoxy) is 2. The molecule has 24 heavy (non-hydrogen) atoms. The third-order valence-corrected chi connectivity index (χ3v) is 3.50. The van der Waals surface area contributed by atoms with Gasteiger partial charge in [-0.2, -0.15) is 0 Å². The molecule has 1 N–H and O–H groups in total. The number of methoxy groups -OCH3 is 1. The Bertz CT molecular complexity index is 576. The Kier molecular flexibility index (Phi) is 7.20. The smallest absolute Gasteiger partial charge is 0.408 e. The van der Waals surface area contributed by atoms with Crippen LogP contribution in [0.5, 0.6) is 0 Å². The van der Waals surface area contributed by atoms with Crippen molar-refractivity contribution in [2.45, 2.75) is 36.0 Å². The maximum absolute atomic E-state index is 12.0. The van der Waals surface area contributed by atoms with Gasteiger partial charge in [-0.1, -0.05) is 79.8 Å². The van der Waals surface area contributed by atoms with Gasteiger partial charge in [0.2, 0.25) is 3.79 Å². The highest BCUT2D eigenvalue weighted by molar-refractivity contribution is 6.67. The number of amides is 1. The van der Waals surface area contributed by atoms with Gasteiger partial charge in [0.15, 0.2) is 6.04 Å². The van der Waals surface area contributed by atoms with Crippen LogP contribution >= 0.6 is 34.8 Å². The minimum Gasteiger partial charge on any atom is -0.467 e. The highest BCUT2D eigenvalue weighted by Gasteiger charge is 2.27. The molecular formula is C16H20Cl3NO4. The van der Waals surface area contributed by atoms with Gasteiger partial charge in [-0.3, -0.25) is 0 Å². The zero-order chi connectivity index (χ0) is 18.5. The first-order valence-corrected chi connectivity index (χ1v) is 8.26. The summed E-state index contributed by atoms with van der Waals surface area (Å²) in [5.41, 5.74) is 1.62. The first-order valence-electron chi connectivity index (χ1n) is 7.12. The van der Waals surface area contributed by atoms with Crippen molar-refractivity contribution in [3.63, 3.8) is 0 Å². The molecule has 1 rings (SSSR count). The lowest BCUT2D eigenvalue weighted by Gasteiger charge is -2.21. The highest BCUT2D eigenvalue weighted by Crippen LogP contribution is 2.26. The monoisotopic (exact) mass is 395 g/mol. The summed E-state index contributed by atoms with van der Waals surface area (Å²) in [5.74, 6) is -0.635. The second kappa shape index (κ2) is 8.28. The summed E-state index contributed by atoms with van der Waals surface area (Å²) in [6.45, 7) is 5.78. The Hall–Kier alpha value is -1.17. The quantitative estimate of drug-likeness (QED) is 0.609. The van der Waals surface area contributed by atoms with Crippen LogP contribution in [0.25, 0.3) is 0 Å². The molecule has 0 aliphatic rings. The molecule has 0 heterocycles. The number of nitrogens with one attached hydrogen (secondary N) is 1. The fourth-order valence-electron chi connectivity index (χ4n) is 1.88. The summed E-state index contributed by atoms with van der Waals surface area (Å²) in [5, 5.41) is 2.40. The van der Waals surface area contributed by atoms with Crippen LogP contribution in [0, 0.1) is 0 Å². The van der Waals surface area contributed by atoms with Crippen molar-refractivity contribution >= 4 is 46.9 Å². The van der Waals surface area contributed by atoms with E-state index in [1.807, 2.05) is 12.1 Å². The molecule has 0 aromatic heterocycles. The number of alkyl halides is 3. The number of halogens is 3. The van der Waals surface area contributed by atoms with E-state index in [0.29, 0.717) is 5.56 Å². The van der Waals surface area contributed by atoms with Crippen molar-refractivity contribution < 1.29 is 19.1 Å². The molecule has 1 aromatic rings. The number of alkyl carbamates (subject to hydrolysis) is 1. The number of hydrogen-bond acceptors (Lipinski definition) is 4.